The summed E-state index contributed by atoms with van der Waals surface area (Å²) in [6, 6.07) is 17.0. The van der Waals surface area contributed by atoms with E-state index in [0.717, 1.165) is 5.56 Å². The summed E-state index contributed by atoms with van der Waals surface area (Å²) in [6.45, 7) is 8.44. The van der Waals surface area contributed by atoms with Gasteiger partial charge in [0.2, 0.25) is 5.43 Å². The van der Waals surface area contributed by atoms with Gasteiger partial charge < -0.3 is 5.32 Å². The molecule has 0 radical (unpaired) electrons. The van der Waals surface area contributed by atoms with Crippen LogP contribution in [0.1, 0.15) is 48.1 Å². The molecule has 184 valence electrons. The summed E-state index contributed by atoms with van der Waals surface area (Å²) < 4.78 is 2.83. The number of hydrogen-bond acceptors (Lipinski definition) is 6. The Morgan fingerprint density at radius 1 is 1.08 bits per heavy atom. The van der Waals surface area contributed by atoms with Gasteiger partial charge in [0.05, 0.1) is 17.7 Å². The second-order valence-electron chi connectivity index (χ2n) is 9.43. The number of aromatic nitrogens is 4. The SMILES string of the molecule is Cc1cc(=O)c(C(=O)Nc2ccnn2Cc2ccc(C(C)(C)C)cc2)nn1-c1ccccc1[N+](=O)[O-]. The third-order valence-electron chi connectivity index (χ3n) is 5.74. The summed E-state index contributed by atoms with van der Waals surface area (Å²) in [5.74, 6) is -0.351. The van der Waals surface area contributed by atoms with Crippen LogP contribution in [0.5, 0.6) is 0 Å². The van der Waals surface area contributed by atoms with Crippen molar-refractivity contribution in [2.45, 2.75) is 39.7 Å². The molecule has 10 nitrogen and oxygen atoms in total. The highest BCUT2D eigenvalue weighted by molar-refractivity contribution is 6.02. The van der Waals surface area contributed by atoms with Gasteiger partial charge in [-0.05, 0) is 29.5 Å². The van der Waals surface area contributed by atoms with E-state index in [1.165, 1.54) is 34.5 Å². The first-order valence-corrected chi connectivity index (χ1v) is 11.3. The molecule has 36 heavy (non-hydrogen) atoms. The quantitative estimate of drug-likeness (QED) is 0.321. The van der Waals surface area contributed by atoms with E-state index in [0.29, 0.717) is 18.1 Å². The lowest BCUT2D eigenvalue weighted by Crippen LogP contribution is -2.28. The summed E-state index contributed by atoms with van der Waals surface area (Å²) in [5, 5.41) is 22.6. The Kier molecular flexibility index (Phi) is 6.52. The standard InChI is InChI=1S/C26H26N6O4/c1-17-15-22(33)24(29-31(17)20-7-5-6-8-21(20)32(35)36)25(34)28-23-13-14-27-30(23)16-18-9-11-19(12-10-18)26(2,3)4/h5-15H,16H2,1-4H3,(H,28,34). The molecule has 0 fully saturated rings. The average molecular weight is 487 g/mol. The fourth-order valence-corrected chi connectivity index (χ4v) is 3.77. The molecule has 0 saturated carbocycles. The van der Waals surface area contributed by atoms with E-state index in [-0.39, 0.29) is 22.5 Å². The molecule has 0 unspecified atom stereocenters. The minimum Gasteiger partial charge on any atom is -0.305 e. The molecule has 4 rings (SSSR count). The molecular weight excluding hydrogens is 460 g/mol. The number of rotatable bonds is 6. The van der Waals surface area contributed by atoms with Crippen LogP contribution in [0.3, 0.4) is 0 Å². The van der Waals surface area contributed by atoms with Crippen molar-refractivity contribution in [3.63, 3.8) is 0 Å². The highest BCUT2D eigenvalue weighted by Gasteiger charge is 2.21. The number of anilines is 1. The number of carbonyl (C=O) groups excluding carboxylic acids is 1. The summed E-state index contributed by atoms with van der Waals surface area (Å²) in [6.07, 6.45) is 1.55. The predicted octanol–water partition coefficient (Wildman–Crippen LogP) is 4.24. The third-order valence-corrected chi connectivity index (χ3v) is 5.74. The lowest BCUT2D eigenvalue weighted by atomic mass is 9.87. The first-order chi connectivity index (χ1) is 17.0. The normalized spacial score (nSPS) is 11.3. The van der Waals surface area contributed by atoms with Crippen molar-refractivity contribution in [3.8, 4) is 5.69 Å². The number of hydrogen-bond donors (Lipinski definition) is 1. The van der Waals surface area contributed by atoms with E-state index >= 15 is 0 Å². The summed E-state index contributed by atoms with van der Waals surface area (Å²) in [5.41, 5.74) is 1.57. The van der Waals surface area contributed by atoms with Crippen LogP contribution in [0, 0.1) is 17.0 Å². The van der Waals surface area contributed by atoms with E-state index in [2.05, 4.69) is 48.4 Å². The fourth-order valence-electron chi connectivity index (χ4n) is 3.77. The van der Waals surface area contributed by atoms with Crippen molar-refractivity contribution >= 4 is 17.4 Å². The van der Waals surface area contributed by atoms with Gasteiger partial charge >= 0.3 is 0 Å². The van der Waals surface area contributed by atoms with E-state index in [9.17, 15) is 19.7 Å². The molecule has 0 aliphatic rings. The first kappa shape index (κ1) is 24.5. The molecule has 4 aromatic rings. The Hall–Kier alpha value is -4.60. The predicted molar refractivity (Wildman–Crippen MR) is 136 cm³/mol. The van der Waals surface area contributed by atoms with Crippen LogP contribution in [0.4, 0.5) is 11.5 Å². The lowest BCUT2D eigenvalue weighted by Gasteiger charge is -2.19. The molecule has 2 aromatic carbocycles. The molecule has 2 aromatic heterocycles. The van der Waals surface area contributed by atoms with Gasteiger partial charge in [-0.1, -0.05) is 57.2 Å². The first-order valence-electron chi connectivity index (χ1n) is 11.3. The van der Waals surface area contributed by atoms with Crippen LogP contribution in [-0.4, -0.2) is 30.4 Å². The van der Waals surface area contributed by atoms with Crippen LogP contribution >= 0.6 is 0 Å². The molecule has 2 heterocycles. The maximum atomic E-state index is 13.0. The lowest BCUT2D eigenvalue weighted by molar-refractivity contribution is -0.384. The molecule has 0 saturated heterocycles. The third kappa shape index (κ3) is 5.07. The zero-order chi connectivity index (χ0) is 26.0. The Morgan fingerprint density at radius 3 is 2.44 bits per heavy atom. The fraction of sp³-hybridized carbons (Fsp3) is 0.231. The highest BCUT2D eigenvalue weighted by atomic mass is 16.6. The van der Waals surface area contributed by atoms with E-state index in [1.54, 1.807) is 29.9 Å². The molecule has 0 atom stereocenters. The maximum Gasteiger partial charge on any atom is 0.294 e. The number of nitro benzene ring substituents is 1. The number of para-hydroxylation sites is 2. The number of carbonyl (C=O) groups is 1. The van der Waals surface area contributed by atoms with Crippen LogP contribution < -0.4 is 10.7 Å². The van der Waals surface area contributed by atoms with E-state index < -0.39 is 16.3 Å². The largest absolute Gasteiger partial charge is 0.305 e. The van der Waals surface area contributed by atoms with E-state index in [1.807, 2.05) is 12.1 Å². The average Bonchev–Trinajstić information content (AvgIpc) is 3.25. The smallest absolute Gasteiger partial charge is 0.294 e. The van der Waals surface area contributed by atoms with Crippen LogP contribution in [0.25, 0.3) is 5.69 Å². The van der Waals surface area contributed by atoms with Crippen LogP contribution in [0.15, 0.2) is 71.7 Å². The second kappa shape index (κ2) is 9.57. The van der Waals surface area contributed by atoms with Gasteiger partial charge in [-0.3, -0.25) is 19.7 Å². The Bertz CT molecular complexity index is 1500. The Balaban J connectivity index is 1.61. The van der Waals surface area contributed by atoms with Crippen molar-refractivity contribution in [2.24, 2.45) is 0 Å². The van der Waals surface area contributed by atoms with Crippen molar-refractivity contribution < 1.29 is 9.72 Å². The van der Waals surface area contributed by atoms with Gasteiger partial charge in [0, 0.05) is 23.9 Å². The second-order valence-corrected chi connectivity index (χ2v) is 9.43. The number of aryl methyl sites for hydroxylation is 1. The number of nitrogens with one attached hydrogen (secondary N) is 1. The number of amides is 1. The minimum absolute atomic E-state index is 0.0392. The van der Waals surface area contributed by atoms with Gasteiger partial charge in [-0.2, -0.15) is 10.2 Å². The van der Waals surface area contributed by atoms with E-state index in [4.69, 9.17) is 0 Å². The Labute approximate surface area is 207 Å². The number of benzene rings is 2. The summed E-state index contributed by atoms with van der Waals surface area (Å²) in [7, 11) is 0. The zero-order valence-electron chi connectivity index (χ0n) is 20.4. The van der Waals surface area contributed by atoms with Crippen molar-refractivity contribution in [3.05, 3.63) is 110 Å². The molecule has 1 amide bonds. The molecule has 1 N–H and O–H groups in total. The van der Waals surface area contributed by atoms with Crippen molar-refractivity contribution in [1.82, 2.24) is 19.6 Å². The highest BCUT2D eigenvalue weighted by Crippen LogP contribution is 2.24. The van der Waals surface area contributed by atoms with Gasteiger partial charge in [0.25, 0.3) is 11.6 Å². The number of nitro groups is 1. The molecule has 0 spiro atoms. The molecule has 10 heteroatoms. The molecular formula is C26H26N6O4. The molecule has 0 aliphatic carbocycles. The molecule has 0 aliphatic heterocycles. The van der Waals surface area contributed by atoms with Gasteiger partial charge in [-0.15, -0.1) is 0 Å². The van der Waals surface area contributed by atoms with Crippen LogP contribution in [-0.2, 0) is 12.0 Å². The monoisotopic (exact) mass is 486 g/mol. The van der Waals surface area contributed by atoms with Crippen molar-refractivity contribution in [1.29, 1.82) is 0 Å². The molecule has 0 bridgehead atoms. The van der Waals surface area contributed by atoms with Gasteiger partial charge in [0.15, 0.2) is 5.69 Å². The van der Waals surface area contributed by atoms with Gasteiger partial charge in [0.1, 0.15) is 11.5 Å². The topological polar surface area (TPSA) is 125 Å². The summed E-state index contributed by atoms with van der Waals surface area (Å²) in [4.78, 5) is 36.6. The summed E-state index contributed by atoms with van der Waals surface area (Å²) >= 11 is 0. The zero-order valence-corrected chi connectivity index (χ0v) is 20.4. The maximum absolute atomic E-state index is 13.0. The minimum atomic E-state index is -0.739. The van der Waals surface area contributed by atoms with Gasteiger partial charge in [-0.25, -0.2) is 9.36 Å². The van der Waals surface area contributed by atoms with Crippen molar-refractivity contribution in [2.75, 3.05) is 5.32 Å². The Morgan fingerprint density at radius 2 is 1.78 bits per heavy atom. The van der Waals surface area contributed by atoms with Crippen LogP contribution in [0.2, 0.25) is 0 Å². The number of nitrogens with zero attached hydrogens (tertiary/aromatic N) is 5.